The second-order valence-electron chi connectivity index (χ2n) is 3.72. The van der Waals surface area contributed by atoms with Crippen LogP contribution in [-0.2, 0) is 0 Å². The summed E-state index contributed by atoms with van der Waals surface area (Å²) in [4.78, 5) is 0. The zero-order valence-electron chi connectivity index (χ0n) is 7.96. The minimum Gasteiger partial charge on any atom is -0.505 e. The van der Waals surface area contributed by atoms with Crippen LogP contribution in [0.5, 0.6) is 5.75 Å². The van der Waals surface area contributed by atoms with Crippen molar-refractivity contribution in [3.05, 3.63) is 29.6 Å². The van der Waals surface area contributed by atoms with Crippen molar-refractivity contribution in [2.24, 2.45) is 0 Å². The fraction of sp³-hybridized carbons (Fsp3) is 0.455. The molecule has 0 saturated carbocycles. The number of para-hydroxylation sites is 1. The van der Waals surface area contributed by atoms with Gasteiger partial charge in [-0.25, -0.2) is 4.39 Å². The standard InChI is InChI=1S/C11H14FNO/c12-10-5-1-4-9(11(10)14)8-3-2-6-13-7-8/h1,4-5,8,13-14H,2-3,6-7H2. The Hall–Kier alpha value is -1.09. The molecule has 0 amide bonds. The van der Waals surface area contributed by atoms with E-state index in [2.05, 4.69) is 5.32 Å². The van der Waals surface area contributed by atoms with Crippen molar-refractivity contribution in [3.8, 4) is 5.75 Å². The fourth-order valence-electron chi connectivity index (χ4n) is 1.98. The summed E-state index contributed by atoms with van der Waals surface area (Å²) in [7, 11) is 0. The highest BCUT2D eigenvalue weighted by Crippen LogP contribution is 2.31. The van der Waals surface area contributed by atoms with Crippen LogP contribution in [0, 0.1) is 5.82 Å². The molecule has 1 saturated heterocycles. The van der Waals surface area contributed by atoms with Gasteiger partial charge in [0.1, 0.15) is 0 Å². The van der Waals surface area contributed by atoms with Crippen molar-refractivity contribution in [2.45, 2.75) is 18.8 Å². The molecular formula is C11H14FNO. The van der Waals surface area contributed by atoms with Crippen LogP contribution in [0.1, 0.15) is 24.3 Å². The number of phenolic OH excluding ortho intramolecular Hbond substituents is 1. The van der Waals surface area contributed by atoms with Gasteiger partial charge in [-0.05, 0) is 25.5 Å². The first-order valence-corrected chi connectivity index (χ1v) is 4.97. The summed E-state index contributed by atoms with van der Waals surface area (Å²) in [6.07, 6.45) is 2.10. The summed E-state index contributed by atoms with van der Waals surface area (Å²) < 4.78 is 13.1. The summed E-state index contributed by atoms with van der Waals surface area (Å²) in [5, 5.41) is 12.8. The van der Waals surface area contributed by atoms with Crippen LogP contribution in [0.15, 0.2) is 18.2 Å². The topological polar surface area (TPSA) is 32.3 Å². The zero-order valence-corrected chi connectivity index (χ0v) is 7.96. The third-order valence-corrected chi connectivity index (χ3v) is 2.75. The predicted octanol–water partition coefficient (Wildman–Crippen LogP) is 2.00. The van der Waals surface area contributed by atoms with Gasteiger partial charge in [0.2, 0.25) is 0 Å². The first kappa shape index (κ1) is 9.46. The highest BCUT2D eigenvalue weighted by atomic mass is 19.1. The molecule has 0 spiro atoms. The molecule has 2 N–H and O–H groups in total. The van der Waals surface area contributed by atoms with E-state index in [-0.39, 0.29) is 11.7 Å². The van der Waals surface area contributed by atoms with Crippen molar-refractivity contribution < 1.29 is 9.50 Å². The van der Waals surface area contributed by atoms with Crippen molar-refractivity contribution >= 4 is 0 Å². The average Bonchev–Trinajstić information content (AvgIpc) is 2.23. The number of halogens is 1. The quantitative estimate of drug-likeness (QED) is 0.718. The maximum Gasteiger partial charge on any atom is 0.165 e. The molecule has 1 aromatic rings. The second kappa shape index (κ2) is 3.96. The zero-order chi connectivity index (χ0) is 9.97. The molecule has 1 unspecified atom stereocenters. The summed E-state index contributed by atoms with van der Waals surface area (Å²) in [5.74, 6) is -0.450. The molecule has 0 aliphatic carbocycles. The maximum absolute atomic E-state index is 13.1. The molecule has 3 heteroatoms. The largest absolute Gasteiger partial charge is 0.505 e. The smallest absolute Gasteiger partial charge is 0.165 e. The Morgan fingerprint density at radius 3 is 3.00 bits per heavy atom. The van der Waals surface area contributed by atoms with E-state index in [1.807, 2.05) is 0 Å². The van der Waals surface area contributed by atoms with Gasteiger partial charge in [-0.3, -0.25) is 0 Å². The molecule has 1 aliphatic rings. The Kier molecular flexibility index (Phi) is 2.68. The molecule has 2 rings (SSSR count). The minimum atomic E-state index is -0.520. The van der Waals surface area contributed by atoms with Crippen LogP contribution >= 0.6 is 0 Å². The van der Waals surface area contributed by atoms with Crippen molar-refractivity contribution in [3.63, 3.8) is 0 Å². The monoisotopic (exact) mass is 195 g/mol. The molecule has 0 bridgehead atoms. The lowest BCUT2D eigenvalue weighted by atomic mass is 9.91. The average molecular weight is 195 g/mol. The van der Waals surface area contributed by atoms with E-state index in [0.29, 0.717) is 0 Å². The number of rotatable bonds is 1. The van der Waals surface area contributed by atoms with Gasteiger partial charge >= 0.3 is 0 Å². The van der Waals surface area contributed by atoms with Gasteiger partial charge < -0.3 is 10.4 Å². The number of benzene rings is 1. The molecular weight excluding hydrogens is 181 g/mol. The highest BCUT2D eigenvalue weighted by Gasteiger charge is 2.19. The molecule has 1 aromatic carbocycles. The number of aromatic hydroxyl groups is 1. The summed E-state index contributed by atoms with van der Waals surface area (Å²) in [5.41, 5.74) is 0.734. The molecule has 0 radical (unpaired) electrons. The first-order chi connectivity index (χ1) is 6.79. The van der Waals surface area contributed by atoms with E-state index in [1.54, 1.807) is 12.1 Å². The second-order valence-corrected chi connectivity index (χ2v) is 3.72. The highest BCUT2D eigenvalue weighted by molar-refractivity contribution is 5.36. The lowest BCUT2D eigenvalue weighted by Crippen LogP contribution is -2.28. The molecule has 14 heavy (non-hydrogen) atoms. The van der Waals surface area contributed by atoms with Gasteiger partial charge in [-0.15, -0.1) is 0 Å². The number of phenols is 1. The van der Waals surface area contributed by atoms with Gasteiger partial charge in [0.05, 0.1) is 0 Å². The van der Waals surface area contributed by atoms with Gasteiger partial charge in [-0.2, -0.15) is 0 Å². The van der Waals surface area contributed by atoms with Crippen molar-refractivity contribution in [1.82, 2.24) is 5.32 Å². The van der Waals surface area contributed by atoms with Crippen LogP contribution in [0.2, 0.25) is 0 Å². The molecule has 76 valence electrons. The van der Waals surface area contributed by atoms with Gasteiger partial charge in [-0.1, -0.05) is 12.1 Å². The predicted molar refractivity (Wildman–Crippen MR) is 52.9 cm³/mol. The number of hydrogen-bond donors (Lipinski definition) is 2. The number of hydrogen-bond acceptors (Lipinski definition) is 2. The lowest BCUT2D eigenvalue weighted by molar-refractivity contribution is 0.401. The van der Waals surface area contributed by atoms with Crippen LogP contribution in [0.3, 0.4) is 0 Å². The Bertz CT molecular complexity index is 321. The Morgan fingerprint density at radius 2 is 2.29 bits per heavy atom. The Labute approximate surface area is 82.8 Å². The van der Waals surface area contributed by atoms with E-state index in [1.165, 1.54) is 6.07 Å². The van der Waals surface area contributed by atoms with E-state index >= 15 is 0 Å². The van der Waals surface area contributed by atoms with E-state index in [9.17, 15) is 9.50 Å². The molecule has 1 fully saturated rings. The molecule has 0 aromatic heterocycles. The van der Waals surface area contributed by atoms with Crippen LogP contribution in [-0.4, -0.2) is 18.2 Å². The van der Waals surface area contributed by atoms with E-state index in [0.717, 1.165) is 31.5 Å². The van der Waals surface area contributed by atoms with Gasteiger partial charge in [0.25, 0.3) is 0 Å². The van der Waals surface area contributed by atoms with Crippen LogP contribution in [0.4, 0.5) is 4.39 Å². The fourth-order valence-corrected chi connectivity index (χ4v) is 1.98. The van der Waals surface area contributed by atoms with Crippen molar-refractivity contribution in [1.29, 1.82) is 0 Å². The molecule has 1 atom stereocenters. The Morgan fingerprint density at radius 1 is 1.43 bits per heavy atom. The van der Waals surface area contributed by atoms with Gasteiger partial charge in [0, 0.05) is 18.0 Å². The van der Waals surface area contributed by atoms with Crippen LogP contribution in [0.25, 0.3) is 0 Å². The van der Waals surface area contributed by atoms with E-state index < -0.39 is 5.82 Å². The van der Waals surface area contributed by atoms with Crippen LogP contribution < -0.4 is 5.32 Å². The number of nitrogens with one attached hydrogen (secondary N) is 1. The lowest BCUT2D eigenvalue weighted by Gasteiger charge is -2.23. The van der Waals surface area contributed by atoms with E-state index in [4.69, 9.17) is 0 Å². The number of piperidine rings is 1. The summed E-state index contributed by atoms with van der Waals surface area (Å²) >= 11 is 0. The first-order valence-electron chi connectivity index (χ1n) is 4.97. The van der Waals surface area contributed by atoms with Crippen molar-refractivity contribution in [2.75, 3.05) is 13.1 Å². The third-order valence-electron chi connectivity index (χ3n) is 2.75. The summed E-state index contributed by atoms with van der Waals surface area (Å²) in [6.45, 7) is 1.85. The molecule has 1 aliphatic heterocycles. The maximum atomic E-state index is 13.1. The Balaban J connectivity index is 2.26. The molecule has 2 nitrogen and oxygen atoms in total. The molecule has 1 heterocycles. The third kappa shape index (κ3) is 1.73. The minimum absolute atomic E-state index is 0.179. The SMILES string of the molecule is Oc1c(F)cccc1C1CCCNC1. The summed E-state index contributed by atoms with van der Waals surface area (Å²) in [6, 6.07) is 4.74. The van der Waals surface area contributed by atoms with Gasteiger partial charge in [0.15, 0.2) is 11.6 Å². The normalized spacial score (nSPS) is 22.2.